The predicted molar refractivity (Wildman–Crippen MR) is 142 cm³/mol. The summed E-state index contributed by atoms with van der Waals surface area (Å²) in [5, 5.41) is 8.81. The summed E-state index contributed by atoms with van der Waals surface area (Å²) in [5.74, 6) is 2.41. The van der Waals surface area contributed by atoms with Crippen LogP contribution in [0.1, 0.15) is 24.2 Å². The maximum Gasteiger partial charge on any atom is 0.254 e. The molecule has 2 amide bonds. The van der Waals surface area contributed by atoms with Gasteiger partial charge in [-0.2, -0.15) is 0 Å². The fraction of sp³-hybridized carbons (Fsp3) is 0.357. The molecule has 1 aromatic heterocycles. The van der Waals surface area contributed by atoms with Gasteiger partial charge in [0.2, 0.25) is 12.7 Å². The number of rotatable bonds is 7. The summed E-state index contributed by atoms with van der Waals surface area (Å²) in [4.78, 5) is 31.9. The molecule has 0 radical (unpaired) electrons. The van der Waals surface area contributed by atoms with E-state index in [1.165, 1.54) is 0 Å². The van der Waals surface area contributed by atoms with E-state index < -0.39 is 0 Å². The fourth-order valence-electron chi connectivity index (χ4n) is 4.55. The van der Waals surface area contributed by atoms with Crippen molar-refractivity contribution in [2.45, 2.75) is 19.9 Å². The summed E-state index contributed by atoms with van der Waals surface area (Å²) in [6.45, 7) is 6.33. The fourth-order valence-corrected chi connectivity index (χ4v) is 4.55. The van der Waals surface area contributed by atoms with Crippen LogP contribution in [0.15, 0.2) is 54.6 Å². The van der Waals surface area contributed by atoms with Gasteiger partial charge in [-0.3, -0.25) is 9.59 Å². The van der Waals surface area contributed by atoms with Crippen LogP contribution in [0.2, 0.25) is 0 Å². The number of hydrogen-bond donors (Lipinski definition) is 0. The van der Waals surface area contributed by atoms with Gasteiger partial charge in [0.05, 0.1) is 12.8 Å². The molecule has 0 atom stereocenters. The average molecular weight is 518 g/mol. The van der Waals surface area contributed by atoms with Crippen LogP contribution in [0.25, 0.3) is 11.3 Å². The molecule has 5 rings (SSSR count). The molecule has 10 nitrogen and oxygen atoms in total. The minimum Gasteiger partial charge on any atom is -0.497 e. The lowest BCUT2D eigenvalue weighted by molar-refractivity contribution is -0.132. The van der Waals surface area contributed by atoms with Gasteiger partial charge in [-0.05, 0) is 56.3 Å². The molecule has 3 heterocycles. The third-order valence-electron chi connectivity index (χ3n) is 6.78. The number of carbonyl (C=O) groups is 2. The number of hydrogen-bond acceptors (Lipinski definition) is 8. The van der Waals surface area contributed by atoms with Crippen molar-refractivity contribution in [1.29, 1.82) is 0 Å². The zero-order valence-corrected chi connectivity index (χ0v) is 21.8. The van der Waals surface area contributed by atoms with E-state index in [0.717, 1.165) is 22.8 Å². The Bertz CT molecular complexity index is 1310. The van der Waals surface area contributed by atoms with Gasteiger partial charge < -0.3 is 28.9 Å². The van der Waals surface area contributed by atoms with Gasteiger partial charge in [-0.1, -0.05) is 12.1 Å². The SMILES string of the molecule is COc1cccc(-c2ccc(N3CCN(C(=O)CN(C(=O)c4ccc5c(c4)OCO5)C(C)C)CC3)nn2)c1. The number of piperazine rings is 1. The number of aromatic nitrogens is 2. The minimum atomic E-state index is -0.211. The molecule has 0 spiro atoms. The van der Waals surface area contributed by atoms with Gasteiger partial charge >= 0.3 is 0 Å². The van der Waals surface area contributed by atoms with Crippen LogP contribution in [0.3, 0.4) is 0 Å². The van der Waals surface area contributed by atoms with E-state index in [0.29, 0.717) is 43.2 Å². The van der Waals surface area contributed by atoms with E-state index in [-0.39, 0.29) is 31.2 Å². The van der Waals surface area contributed by atoms with Gasteiger partial charge in [-0.25, -0.2) is 0 Å². The van der Waals surface area contributed by atoms with Crippen LogP contribution >= 0.6 is 0 Å². The summed E-state index contributed by atoms with van der Waals surface area (Å²) >= 11 is 0. The van der Waals surface area contributed by atoms with Gasteiger partial charge in [0.1, 0.15) is 12.3 Å². The third kappa shape index (κ3) is 5.34. The van der Waals surface area contributed by atoms with Crippen molar-refractivity contribution < 1.29 is 23.8 Å². The molecule has 1 fully saturated rings. The van der Waals surface area contributed by atoms with Crippen molar-refractivity contribution in [1.82, 2.24) is 20.0 Å². The van der Waals surface area contributed by atoms with E-state index in [9.17, 15) is 9.59 Å². The standard InChI is InChI=1S/C28H31N5O5/c1-19(2)33(28(35)21-7-9-24-25(16-21)38-18-37-24)17-27(34)32-13-11-31(12-14-32)26-10-8-23(29-30-26)20-5-4-6-22(15-20)36-3/h4-10,15-16,19H,11-14,17-18H2,1-3H3. The molecular weight excluding hydrogens is 486 g/mol. The van der Waals surface area contributed by atoms with E-state index in [2.05, 4.69) is 15.1 Å². The van der Waals surface area contributed by atoms with Crippen LogP contribution in [-0.2, 0) is 4.79 Å². The van der Waals surface area contributed by atoms with E-state index in [1.807, 2.05) is 50.2 Å². The summed E-state index contributed by atoms with van der Waals surface area (Å²) in [6, 6.07) is 16.5. The minimum absolute atomic E-state index is 0.0139. The van der Waals surface area contributed by atoms with E-state index >= 15 is 0 Å². The van der Waals surface area contributed by atoms with Gasteiger partial charge in [0.15, 0.2) is 17.3 Å². The normalized spacial score (nSPS) is 14.5. The summed E-state index contributed by atoms with van der Waals surface area (Å²) in [5.41, 5.74) is 2.17. The Morgan fingerprint density at radius 2 is 1.76 bits per heavy atom. The van der Waals surface area contributed by atoms with Gasteiger partial charge in [-0.15, -0.1) is 10.2 Å². The Labute approximate surface area is 221 Å². The first-order valence-electron chi connectivity index (χ1n) is 12.6. The highest BCUT2D eigenvalue weighted by Gasteiger charge is 2.28. The van der Waals surface area contributed by atoms with Gasteiger partial charge in [0, 0.05) is 43.3 Å². The highest BCUT2D eigenvalue weighted by atomic mass is 16.7. The van der Waals surface area contributed by atoms with Crippen LogP contribution in [0, 0.1) is 0 Å². The maximum absolute atomic E-state index is 13.2. The lowest BCUT2D eigenvalue weighted by atomic mass is 10.1. The zero-order chi connectivity index (χ0) is 26.6. The Kier molecular flexibility index (Phi) is 7.30. The quantitative estimate of drug-likeness (QED) is 0.472. The van der Waals surface area contributed by atoms with Crippen molar-refractivity contribution in [3.05, 3.63) is 60.2 Å². The Morgan fingerprint density at radius 3 is 2.47 bits per heavy atom. The molecule has 198 valence electrons. The van der Waals surface area contributed by atoms with Crippen LogP contribution < -0.4 is 19.1 Å². The number of benzene rings is 2. The van der Waals surface area contributed by atoms with Crippen LogP contribution in [-0.4, -0.2) is 84.5 Å². The first-order valence-corrected chi connectivity index (χ1v) is 12.6. The molecule has 0 aliphatic carbocycles. The smallest absolute Gasteiger partial charge is 0.254 e. The molecule has 1 saturated heterocycles. The first kappa shape index (κ1) is 25.3. The van der Waals surface area contributed by atoms with Crippen molar-refractivity contribution in [2.24, 2.45) is 0 Å². The summed E-state index contributed by atoms with van der Waals surface area (Å²) < 4.78 is 16.0. The second-order valence-corrected chi connectivity index (χ2v) is 9.47. The third-order valence-corrected chi connectivity index (χ3v) is 6.78. The Hall–Kier alpha value is -4.34. The number of fused-ring (bicyclic) bond motifs is 1. The first-order chi connectivity index (χ1) is 18.4. The van der Waals surface area contributed by atoms with E-state index in [1.54, 1.807) is 35.1 Å². The molecule has 3 aromatic rings. The molecule has 2 aromatic carbocycles. The predicted octanol–water partition coefficient (Wildman–Crippen LogP) is 3.08. The Balaban J connectivity index is 1.18. The maximum atomic E-state index is 13.2. The number of anilines is 1. The van der Waals surface area contributed by atoms with Crippen molar-refractivity contribution in [2.75, 3.05) is 51.5 Å². The van der Waals surface area contributed by atoms with Crippen molar-refractivity contribution in [3.8, 4) is 28.5 Å². The largest absolute Gasteiger partial charge is 0.497 e. The molecule has 2 aliphatic rings. The monoisotopic (exact) mass is 517 g/mol. The second kappa shape index (κ2) is 11.0. The summed E-state index contributed by atoms with van der Waals surface area (Å²) in [7, 11) is 1.63. The van der Waals surface area contributed by atoms with Crippen LogP contribution in [0.5, 0.6) is 17.2 Å². The molecule has 0 unspecified atom stereocenters. The molecule has 0 N–H and O–H groups in total. The number of nitrogens with zero attached hydrogens (tertiary/aromatic N) is 5. The number of amides is 2. The lowest BCUT2D eigenvalue weighted by Gasteiger charge is -2.36. The topological polar surface area (TPSA) is 97.3 Å². The highest BCUT2D eigenvalue weighted by molar-refractivity contribution is 5.97. The second-order valence-electron chi connectivity index (χ2n) is 9.47. The van der Waals surface area contributed by atoms with Gasteiger partial charge in [0.25, 0.3) is 5.91 Å². The molecular formula is C28H31N5O5. The van der Waals surface area contributed by atoms with Crippen molar-refractivity contribution >= 4 is 17.6 Å². The Morgan fingerprint density at radius 1 is 0.974 bits per heavy atom. The molecule has 0 bridgehead atoms. The number of ether oxygens (including phenoxy) is 3. The number of methoxy groups -OCH3 is 1. The molecule has 2 aliphatic heterocycles. The molecule has 10 heteroatoms. The summed E-state index contributed by atoms with van der Waals surface area (Å²) in [6.07, 6.45) is 0. The molecule has 0 saturated carbocycles. The van der Waals surface area contributed by atoms with E-state index in [4.69, 9.17) is 14.2 Å². The lowest BCUT2D eigenvalue weighted by Crippen LogP contribution is -2.53. The molecule has 38 heavy (non-hydrogen) atoms. The average Bonchev–Trinajstić information content (AvgIpc) is 3.43. The van der Waals surface area contributed by atoms with Crippen LogP contribution in [0.4, 0.5) is 5.82 Å². The zero-order valence-electron chi connectivity index (χ0n) is 21.8. The van der Waals surface area contributed by atoms with Crippen molar-refractivity contribution in [3.63, 3.8) is 0 Å². The number of carbonyl (C=O) groups excluding carboxylic acids is 2. The highest BCUT2D eigenvalue weighted by Crippen LogP contribution is 2.33.